The summed E-state index contributed by atoms with van der Waals surface area (Å²) in [7, 11) is 0. The Labute approximate surface area is 177 Å². The van der Waals surface area contributed by atoms with Gasteiger partial charge in [0, 0.05) is 25.1 Å². The molecule has 0 aliphatic carbocycles. The molecule has 3 aromatic rings. The van der Waals surface area contributed by atoms with Crippen LogP contribution in [0.2, 0.25) is 0 Å². The summed E-state index contributed by atoms with van der Waals surface area (Å²) in [4.78, 5) is 25.1. The summed E-state index contributed by atoms with van der Waals surface area (Å²) in [6.07, 6.45) is 2.30. The van der Waals surface area contributed by atoms with E-state index in [0.29, 0.717) is 24.2 Å². The summed E-state index contributed by atoms with van der Waals surface area (Å²) in [5, 5.41) is 7.83. The second kappa shape index (κ2) is 7.70. The molecular weight excluding hydrogens is 402 g/mol. The number of hydrogen-bond donors (Lipinski definition) is 0. The van der Waals surface area contributed by atoms with Gasteiger partial charge in [0.15, 0.2) is 0 Å². The number of hydrazine groups is 1. The molecule has 1 fully saturated rings. The molecule has 1 amide bonds. The molecule has 0 saturated carbocycles. The first-order valence-corrected chi connectivity index (χ1v) is 10.2. The lowest BCUT2D eigenvalue weighted by Crippen LogP contribution is -2.59. The van der Waals surface area contributed by atoms with E-state index in [1.165, 1.54) is 35.0 Å². The van der Waals surface area contributed by atoms with Gasteiger partial charge >= 0.3 is 0 Å². The number of carbonyl (C=O) groups excluding carboxylic acids is 1. The standard InChI is InChI=1S/C23H20F2N4O2/c24-17-7-3-5-15(11-17)21(16-6-4-8-18(25)12-16)22-27-9-1-2-10-28(27)23(31)20-13-19(30)14-26-29(20)22/h3-8,11-14,21-22H,1-2,9-10H2/t22-/m0/s1. The molecule has 0 spiro atoms. The zero-order valence-corrected chi connectivity index (χ0v) is 16.6. The van der Waals surface area contributed by atoms with Gasteiger partial charge in [0.1, 0.15) is 23.5 Å². The van der Waals surface area contributed by atoms with E-state index in [1.807, 2.05) is 5.01 Å². The van der Waals surface area contributed by atoms with Crippen LogP contribution in [0.15, 0.2) is 65.6 Å². The van der Waals surface area contributed by atoms with Crippen molar-refractivity contribution < 1.29 is 13.6 Å². The highest BCUT2D eigenvalue weighted by atomic mass is 19.1. The fourth-order valence-corrected chi connectivity index (χ4v) is 4.58. The molecule has 1 aromatic heterocycles. The predicted molar refractivity (Wildman–Crippen MR) is 109 cm³/mol. The Balaban J connectivity index is 1.77. The molecule has 0 N–H and O–H groups in total. The van der Waals surface area contributed by atoms with Gasteiger partial charge in [0.05, 0.1) is 6.20 Å². The molecule has 6 nitrogen and oxygen atoms in total. The van der Waals surface area contributed by atoms with E-state index >= 15 is 0 Å². The molecule has 8 heteroatoms. The van der Waals surface area contributed by atoms with E-state index in [4.69, 9.17) is 0 Å². The maximum atomic E-state index is 14.2. The van der Waals surface area contributed by atoms with Gasteiger partial charge in [-0.05, 0) is 48.2 Å². The van der Waals surface area contributed by atoms with Gasteiger partial charge in [-0.1, -0.05) is 24.3 Å². The molecule has 5 rings (SSSR count). The number of hydrogen-bond acceptors (Lipinski definition) is 4. The largest absolute Gasteiger partial charge is 0.288 e. The van der Waals surface area contributed by atoms with Gasteiger partial charge < -0.3 is 0 Å². The van der Waals surface area contributed by atoms with Crippen LogP contribution in [0.5, 0.6) is 0 Å². The van der Waals surface area contributed by atoms with Crippen LogP contribution in [0.3, 0.4) is 0 Å². The van der Waals surface area contributed by atoms with E-state index in [1.54, 1.807) is 29.3 Å². The highest BCUT2D eigenvalue weighted by Crippen LogP contribution is 2.42. The fraction of sp³-hybridized carbons (Fsp3) is 0.261. The molecule has 2 aliphatic heterocycles. The third kappa shape index (κ3) is 3.42. The zero-order chi connectivity index (χ0) is 21.5. The minimum atomic E-state index is -0.572. The molecule has 31 heavy (non-hydrogen) atoms. The number of rotatable bonds is 3. The van der Waals surface area contributed by atoms with E-state index < -0.39 is 23.7 Å². The minimum Gasteiger partial charge on any atom is -0.288 e. The third-order valence-corrected chi connectivity index (χ3v) is 5.88. The van der Waals surface area contributed by atoms with Gasteiger partial charge in [0.2, 0.25) is 5.43 Å². The second-order valence-corrected chi connectivity index (χ2v) is 7.82. The Hall–Kier alpha value is -3.39. The van der Waals surface area contributed by atoms with Crippen LogP contribution < -0.4 is 5.43 Å². The molecule has 1 saturated heterocycles. The molecule has 2 aliphatic rings. The topological polar surface area (TPSA) is 58.4 Å². The summed E-state index contributed by atoms with van der Waals surface area (Å²) in [5.41, 5.74) is 1.06. The predicted octanol–water partition coefficient (Wildman–Crippen LogP) is 3.32. The molecule has 2 aromatic carbocycles. The van der Waals surface area contributed by atoms with Crippen LogP contribution in [0, 0.1) is 11.6 Å². The van der Waals surface area contributed by atoms with Crippen molar-refractivity contribution in [2.24, 2.45) is 0 Å². The van der Waals surface area contributed by atoms with E-state index in [0.717, 1.165) is 19.0 Å². The fourth-order valence-electron chi connectivity index (χ4n) is 4.58. The summed E-state index contributed by atoms with van der Waals surface area (Å²) in [5.74, 6) is -1.64. The highest BCUT2D eigenvalue weighted by molar-refractivity contribution is 5.92. The van der Waals surface area contributed by atoms with Gasteiger partial charge in [-0.25, -0.2) is 13.5 Å². The van der Waals surface area contributed by atoms with Gasteiger partial charge in [-0.3, -0.25) is 14.6 Å². The number of fused-ring (bicyclic) bond motifs is 2. The van der Waals surface area contributed by atoms with Crippen molar-refractivity contribution >= 4 is 5.91 Å². The Morgan fingerprint density at radius 2 is 1.55 bits per heavy atom. The average Bonchev–Trinajstić information content (AvgIpc) is 2.77. The molecule has 3 heterocycles. The lowest BCUT2D eigenvalue weighted by atomic mass is 9.87. The summed E-state index contributed by atoms with van der Waals surface area (Å²) in [6, 6.07) is 13.6. The second-order valence-electron chi connectivity index (χ2n) is 7.82. The van der Waals surface area contributed by atoms with Crippen molar-refractivity contribution in [1.29, 1.82) is 0 Å². The van der Waals surface area contributed by atoms with Crippen molar-refractivity contribution in [1.82, 2.24) is 19.8 Å². The first kappa shape index (κ1) is 19.6. The SMILES string of the molecule is O=C1c2cc(=O)cnn2[C@@H](C(c2cccc(F)c2)c2cccc(F)c2)N2CCCCN12. The number of nitrogens with zero attached hydrogens (tertiary/aromatic N) is 4. The molecule has 0 unspecified atom stereocenters. The van der Waals surface area contributed by atoms with Crippen molar-refractivity contribution in [2.75, 3.05) is 13.1 Å². The first-order valence-electron chi connectivity index (χ1n) is 10.2. The Morgan fingerprint density at radius 3 is 2.19 bits per heavy atom. The quantitative estimate of drug-likeness (QED) is 0.650. The van der Waals surface area contributed by atoms with Crippen molar-refractivity contribution in [3.8, 4) is 0 Å². The zero-order valence-electron chi connectivity index (χ0n) is 16.6. The van der Waals surface area contributed by atoms with Crippen LogP contribution in [0.25, 0.3) is 0 Å². The summed E-state index contributed by atoms with van der Waals surface area (Å²) < 4.78 is 30.0. The van der Waals surface area contributed by atoms with Crippen molar-refractivity contribution in [3.63, 3.8) is 0 Å². The van der Waals surface area contributed by atoms with Crippen molar-refractivity contribution in [2.45, 2.75) is 24.9 Å². The maximum absolute atomic E-state index is 14.2. The molecular formula is C23H20F2N4O2. The van der Waals surface area contributed by atoms with Crippen LogP contribution in [-0.2, 0) is 0 Å². The molecule has 1 atom stereocenters. The van der Waals surface area contributed by atoms with Gasteiger partial charge in [-0.2, -0.15) is 10.1 Å². The lowest BCUT2D eigenvalue weighted by molar-refractivity contribution is -0.103. The van der Waals surface area contributed by atoms with Gasteiger partial charge in [-0.15, -0.1) is 0 Å². The van der Waals surface area contributed by atoms with E-state index in [-0.39, 0.29) is 17.0 Å². The average molecular weight is 422 g/mol. The normalized spacial score (nSPS) is 18.7. The Morgan fingerprint density at radius 1 is 0.903 bits per heavy atom. The minimum absolute atomic E-state index is 0.174. The smallest absolute Gasteiger partial charge is 0.286 e. The number of amides is 1. The van der Waals surface area contributed by atoms with E-state index in [9.17, 15) is 18.4 Å². The Bertz CT molecular complexity index is 1170. The van der Waals surface area contributed by atoms with Crippen LogP contribution in [0.1, 0.15) is 46.5 Å². The molecule has 0 radical (unpaired) electrons. The van der Waals surface area contributed by atoms with Crippen LogP contribution in [0.4, 0.5) is 8.78 Å². The molecule has 0 bridgehead atoms. The summed E-state index contributed by atoms with van der Waals surface area (Å²) in [6.45, 7) is 1.10. The van der Waals surface area contributed by atoms with Crippen LogP contribution in [-0.4, -0.2) is 38.8 Å². The Kier molecular flexibility index (Phi) is 4.86. The monoisotopic (exact) mass is 422 g/mol. The number of halogens is 2. The lowest BCUT2D eigenvalue weighted by Gasteiger charge is -2.49. The van der Waals surface area contributed by atoms with Crippen LogP contribution >= 0.6 is 0 Å². The number of benzene rings is 2. The number of aromatic nitrogens is 2. The maximum Gasteiger partial charge on any atom is 0.286 e. The van der Waals surface area contributed by atoms with Gasteiger partial charge in [0.25, 0.3) is 5.91 Å². The first-order chi connectivity index (χ1) is 15.0. The summed E-state index contributed by atoms with van der Waals surface area (Å²) >= 11 is 0. The van der Waals surface area contributed by atoms with Crippen molar-refractivity contribution in [3.05, 3.63) is 99.5 Å². The van der Waals surface area contributed by atoms with E-state index in [2.05, 4.69) is 5.10 Å². The molecule has 158 valence electrons. The third-order valence-electron chi connectivity index (χ3n) is 5.88. The number of carbonyl (C=O) groups is 1. The highest BCUT2D eigenvalue weighted by Gasteiger charge is 2.44.